The van der Waals surface area contributed by atoms with Crippen LogP contribution in [0, 0.1) is 34.5 Å². The first-order valence-corrected chi connectivity index (χ1v) is 24.6. The summed E-state index contributed by atoms with van der Waals surface area (Å²) in [5.74, 6) is 2.84. The van der Waals surface area contributed by atoms with Gasteiger partial charge in [-0.25, -0.2) is 15.0 Å². The molecule has 0 saturated carbocycles. The van der Waals surface area contributed by atoms with E-state index < -0.39 is 0 Å². The average molecular weight is 896 g/mol. The molecule has 0 N–H and O–H groups in total. The summed E-state index contributed by atoms with van der Waals surface area (Å²) in [7, 11) is 0. The smallest absolute Gasteiger partial charge is 0.164 e. The van der Waals surface area contributed by atoms with Crippen LogP contribution in [0.4, 0.5) is 0 Å². The summed E-state index contributed by atoms with van der Waals surface area (Å²) >= 11 is 0. The van der Waals surface area contributed by atoms with Crippen LogP contribution in [0.1, 0.15) is 88.6 Å². The van der Waals surface area contributed by atoms with E-state index in [2.05, 4.69) is 221 Å². The number of allylic oxidation sites excluding steroid dienone is 16. The van der Waals surface area contributed by atoms with Crippen LogP contribution in [0.15, 0.2) is 194 Å². The monoisotopic (exact) mass is 895 g/mol. The first kappa shape index (κ1) is 43.9. The van der Waals surface area contributed by atoms with Crippen molar-refractivity contribution in [3.63, 3.8) is 0 Å². The molecule has 2 aromatic heterocycles. The van der Waals surface area contributed by atoms with E-state index in [1.807, 2.05) is 12.1 Å². The van der Waals surface area contributed by atoms with Gasteiger partial charge >= 0.3 is 0 Å². The highest BCUT2D eigenvalue weighted by atomic mass is 15.0. The first-order valence-electron chi connectivity index (χ1n) is 24.6. The molecular formula is C64H57N5. The number of aromatic nitrogens is 4. The molecule has 7 aromatic rings. The second-order valence-corrected chi connectivity index (χ2v) is 20.6. The lowest BCUT2D eigenvalue weighted by molar-refractivity contribution is 0.314. The SMILES string of the molecule is C[C@H]1C=CC(c2nc(C3=CC(c4ccc(-c5ccccc5)cc4)=C(n4c5ccc(C#N)cc5c5cc(C(C)(C)C)ccc54)C(C4(C)C=CC(C5C=CC=CC5)=CC4)C3)nc(-c3ccccc3)n2)=CC1. The van der Waals surface area contributed by atoms with Crippen molar-refractivity contribution in [1.29, 1.82) is 5.26 Å². The summed E-state index contributed by atoms with van der Waals surface area (Å²) in [6, 6.07) is 45.7. The van der Waals surface area contributed by atoms with Gasteiger partial charge in [0.15, 0.2) is 17.5 Å². The summed E-state index contributed by atoms with van der Waals surface area (Å²) in [6.45, 7) is 11.5. The zero-order valence-electron chi connectivity index (χ0n) is 40.2. The van der Waals surface area contributed by atoms with Gasteiger partial charge in [-0.15, -0.1) is 0 Å². The highest BCUT2D eigenvalue weighted by molar-refractivity contribution is 6.13. The van der Waals surface area contributed by atoms with E-state index in [0.29, 0.717) is 41.3 Å². The maximum Gasteiger partial charge on any atom is 0.164 e. The molecule has 0 amide bonds. The van der Waals surface area contributed by atoms with Gasteiger partial charge in [0.25, 0.3) is 0 Å². The molecular weight excluding hydrogens is 839 g/mol. The molecule has 0 aliphatic heterocycles. The van der Waals surface area contributed by atoms with Crippen LogP contribution >= 0.6 is 0 Å². The number of hydrogen-bond donors (Lipinski definition) is 0. The lowest BCUT2D eigenvalue weighted by atomic mass is 9.64. The molecule has 0 spiro atoms. The predicted molar refractivity (Wildman–Crippen MR) is 286 cm³/mol. The van der Waals surface area contributed by atoms with E-state index in [9.17, 15) is 5.26 Å². The number of nitrogens with zero attached hydrogens (tertiary/aromatic N) is 5. The van der Waals surface area contributed by atoms with Crippen molar-refractivity contribution >= 4 is 44.2 Å². The molecule has 3 unspecified atom stereocenters. The van der Waals surface area contributed by atoms with Gasteiger partial charge in [-0.1, -0.05) is 186 Å². The average Bonchev–Trinajstić information content (AvgIpc) is 3.71. The number of nitriles is 1. The molecule has 338 valence electrons. The van der Waals surface area contributed by atoms with E-state index in [0.717, 1.165) is 74.5 Å². The molecule has 0 radical (unpaired) electrons. The Bertz CT molecular complexity index is 3450. The van der Waals surface area contributed by atoms with Gasteiger partial charge in [0.05, 0.1) is 22.7 Å². The fourth-order valence-corrected chi connectivity index (χ4v) is 10.7. The Morgan fingerprint density at radius 1 is 0.681 bits per heavy atom. The Morgan fingerprint density at radius 2 is 1.36 bits per heavy atom. The van der Waals surface area contributed by atoms with Gasteiger partial charge in [-0.2, -0.15) is 5.26 Å². The maximum absolute atomic E-state index is 10.3. The van der Waals surface area contributed by atoms with E-state index in [-0.39, 0.29) is 16.7 Å². The Kier molecular flexibility index (Phi) is 11.3. The fourth-order valence-electron chi connectivity index (χ4n) is 10.7. The van der Waals surface area contributed by atoms with Crippen molar-refractivity contribution < 1.29 is 0 Å². The van der Waals surface area contributed by atoms with Crippen molar-refractivity contribution in [2.45, 2.75) is 65.7 Å². The Balaban J connectivity index is 1.20. The molecule has 0 saturated heterocycles. The van der Waals surface area contributed by atoms with Crippen LogP contribution < -0.4 is 0 Å². The van der Waals surface area contributed by atoms with Crippen LogP contribution in [0.25, 0.3) is 66.7 Å². The van der Waals surface area contributed by atoms with Gasteiger partial charge in [0.2, 0.25) is 0 Å². The van der Waals surface area contributed by atoms with Crippen LogP contribution in [0.3, 0.4) is 0 Å². The van der Waals surface area contributed by atoms with E-state index in [4.69, 9.17) is 15.0 Å². The van der Waals surface area contributed by atoms with Gasteiger partial charge < -0.3 is 4.57 Å². The third-order valence-corrected chi connectivity index (χ3v) is 14.8. The van der Waals surface area contributed by atoms with Crippen molar-refractivity contribution in [3.8, 4) is 28.6 Å². The quantitative estimate of drug-likeness (QED) is 0.152. The molecule has 4 aliphatic carbocycles. The molecule has 5 nitrogen and oxygen atoms in total. The summed E-state index contributed by atoms with van der Waals surface area (Å²) in [4.78, 5) is 16.0. The van der Waals surface area contributed by atoms with Crippen LogP contribution in [0.2, 0.25) is 0 Å². The van der Waals surface area contributed by atoms with Crippen LogP contribution in [0.5, 0.6) is 0 Å². The molecule has 4 atom stereocenters. The normalized spacial score (nSPS) is 21.3. The van der Waals surface area contributed by atoms with E-state index in [1.165, 1.54) is 22.4 Å². The third-order valence-electron chi connectivity index (χ3n) is 14.8. The second kappa shape index (κ2) is 17.8. The molecule has 0 bridgehead atoms. The van der Waals surface area contributed by atoms with Crippen LogP contribution in [-0.4, -0.2) is 19.5 Å². The largest absolute Gasteiger partial charge is 0.312 e. The summed E-state index contributed by atoms with van der Waals surface area (Å²) in [5, 5.41) is 12.5. The lowest BCUT2D eigenvalue weighted by Gasteiger charge is -2.42. The lowest BCUT2D eigenvalue weighted by Crippen LogP contribution is -2.32. The highest BCUT2D eigenvalue weighted by Crippen LogP contribution is 2.54. The minimum absolute atomic E-state index is 0.0380. The minimum Gasteiger partial charge on any atom is -0.312 e. The van der Waals surface area contributed by atoms with Gasteiger partial charge in [-0.3, -0.25) is 0 Å². The van der Waals surface area contributed by atoms with Crippen molar-refractivity contribution in [2.24, 2.45) is 23.2 Å². The van der Waals surface area contributed by atoms with E-state index >= 15 is 0 Å². The number of benzene rings is 5. The third kappa shape index (κ3) is 8.40. The number of fused-ring (bicyclic) bond motifs is 3. The molecule has 69 heavy (non-hydrogen) atoms. The summed E-state index contributed by atoms with van der Waals surface area (Å²) < 4.78 is 2.54. The van der Waals surface area contributed by atoms with Crippen LogP contribution in [-0.2, 0) is 5.41 Å². The van der Waals surface area contributed by atoms with Gasteiger partial charge in [0, 0.05) is 45.0 Å². The van der Waals surface area contributed by atoms with Crippen molar-refractivity contribution in [1.82, 2.24) is 19.5 Å². The van der Waals surface area contributed by atoms with Crippen molar-refractivity contribution in [3.05, 3.63) is 222 Å². The highest BCUT2D eigenvalue weighted by Gasteiger charge is 2.42. The van der Waals surface area contributed by atoms with Crippen molar-refractivity contribution in [2.75, 3.05) is 0 Å². The van der Waals surface area contributed by atoms with Gasteiger partial charge in [-0.05, 0) is 112 Å². The predicted octanol–water partition coefficient (Wildman–Crippen LogP) is 16.0. The molecule has 5 heteroatoms. The number of rotatable bonds is 8. The molecule has 4 aliphatic rings. The minimum atomic E-state index is -0.314. The molecule has 5 aromatic carbocycles. The number of hydrogen-bond acceptors (Lipinski definition) is 4. The zero-order valence-corrected chi connectivity index (χ0v) is 40.2. The summed E-state index contributed by atoms with van der Waals surface area (Å²) in [6.07, 6.45) is 28.9. The molecule has 2 heterocycles. The molecule has 11 rings (SSSR count). The maximum atomic E-state index is 10.3. The van der Waals surface area contributed by atoms with Gasteiger partial charge in [0.1, 0.15) is 0 Å². The topological polar surface area (TPSA) is 67.4 Å². The van der Waals surface area contributed by atoms with E-state index in [1.54, 1.807) is 0 Å². The second-order valence-electron chi connectivity index (χ2n) is 20.6. The summed E-state index contributed by atoms with van der Waals surface area (Å²) in [5.41, 5.74) is 14.0. The Hall–Kier alpha value is -7.68. The Morgan fingerprint density at radius 3 is 2.03 bits per heavy atom. The zero-order chi connectivity index (χ0) is 47.3. The Labute approximate surface area is 406 Å². The first-order chi connectivity index (χ1) is 33.5. The molecule has 0 fully saturated rings. The fraction of sp³-hybridized carbons (Fsp3) is 0.219. The standard InChI is InChI=1S/C64H57N5/c1-42-21-24-50(25-22-42)61-66-60(49-19-13-8-14-20-49)67-62(68-61)51-38-53(48-28-26-46(27-29-48)44-15-9-6-10-16-44)59(56(39-51)64(5)35-33-47(34-36-64)45-17-11-7-12-18-45)69-57-31-23-43(41-65)37-54(57)55-40-52(63(2,3)4)30-32-58(55)69/h6-17,19-21,23-35,37-38,40,42,45,56H,18,22,36,39H2,1-5H3/t42-,45?,56?,64?/m0/s1.